The summed E-state index contributed by atoms with van der Waals surface area (Å²) < 4.78 is 1.38. The molecule has 106 valence electrons. The number of amides is 1. The summed E-state index contributed by atoms with van der Waals surface area (Å²) in [5.41, 5.74) is 1.31. The van der Waals surface area contributed by atoms with Gasteiger partial charge < -0.3 is 4.90 Å². The molecule has 0 bridgehead atoms. The molecular formula is C15H13N3O2S. The molecule has 0 fully saturated rings. The smallest absolute Gasteiger partial charge is 0.270 e. The summed E-state index contributed by atoms with van der Waals surface area (Å²) in [7, 11) is 1.68. The molecule has 1 amide bonds. The summed E-state index contributed by atoms with van der Waals surface area (Å²) in [6.45, 7) is 0.471. The van der Waals surface area contributed by atoms with E-state index in [9.17, 15) is 9.59 Å². The van der Waals surface area contributed by atoms with E-state index in [-0.39, 0.29) is 17.0 Å². The van der Waals surface area contributed by atoms with E-state index in [1.807, 2.05) is 16.8 Å². The third-order valence-electron chi connectivity index (χ3n) is 3.19. The highest BCUT2D eigenvalue weighted by Gasteiger charge is 2.17. The number of carbonyl (C=O) groups excluding carboxylic acids is 1. The number of hydrogen-bond acceptors (Lipinski definition) is 4. The van der Waals surface area contributed by atoms with Crippen molar-refractivity contribution < 1.29 is 4.79 Å². The first-order chi connectivity index (χ1) is 10.2. The molecule has 0 aliphatic heterocycles. The van der Waals surface area contributed by atoms with Gasteiger partial charge in [0.2, 0.25) is 0 Å². The maximum absolute atomic E-state index is 12.4. The van der Waals surface area contributed by atoms with E-state index in [0.29, 0.717) is 12.2 Å². The van der Waals surface area contributed by atoms with Crippen molar-refractivity contribution in [3.05, 3.63) is 68.9 Å². The van der Waals surface area contributed by atoms with Crippen LogP contribution in [0.2, 0.25) is 0 Å². The Labute approximate surface area is 125 Å². The predicted octanol–water partition coefficient (Wildman–Crippen LogP) is 2.03. The fourth-order valence-corrected chi connectivity index (χ4v) is 2.77. The minimum absolute atomic E-state index is 0.0800. The summed E-state index contributed by atoms with van der Waals surface area (Å²) in [6, 6.07) is 7.22. The second-order valence-electron chi connectivity index (χ2n) is 4.70. The van der Waals surface area contributed by atoms with Gasteiger partial charge in [-0.25, -0.2) is 4.98 Å². The van der Waals surface area contributed by atoms with Gasteiger partial charge in [0.05, 0.1) is 0 Å². The van der Waals surface area contributed by atoms with Crippen molar-refractivity contribution in [3.8, 4) is 0 Å². The van der Waals surface area contributed by atoms with E-state index in [1.54, 1.807) is 42.8 Å². The van der Waals surface area contributed by atoms with E-state index >= 15 is 0 Å². The molecule has 0 N–H and O–H groups in total. The van der Waals surface area contributed by atoms with Gasteiger partial charge >= 0.3 is 0 Å². The number of fused-ring (bicyclic) bond motifs is 1. The van der Waals surface area contributed by atoms with Crippen LogP contribution in [0.15, 0.2) is 52.2 Å². The van der Waals surface area contributed by atoms with Gasteiger partial charge in [-0.3, -0.25) is 14.0 Å². The number of hydrogen-bond donors (Lipinski definition) is 0. The molecule has 3 rings (SSSR count). The minimum Gasteiger partial charge on any atom is -0.337 e. The monoisotopic (exact) mass is 299 g/mol. The molecular weight excluding hydrogens is 286 g/mol. The van der Waals surface area contributed by atoms with Crippen molar-refractivity contribution in [2.45, 2.75) is 6.54 Å². The van der Waals surface area contributed by atoms with Gasteiger partial charge in [0.25, 0.3) is 11.5 Å². The Balaban J connectivity index is 1.94. The number of nitrogens with zero attached hydrogens (tertiary/aromatic N) is 3. The van der Waals surface area contributed by atoms with Crippen molar-refractivity contribution in [3.63, 3.8) is 0 Å². The zero-order valence-corrected chi connectivity index (χ0v) is 12.2. The van der Waals surface area contributed by atoms with E-state index < -0.39 is 0 Å². The highest BCUT2D eigenvalue weighted by Crippen LogP contribution is 2.10. The van der Waals surface area contributed by atoms with E-state index in [4.69, 9.17) is 0 Å². The fourth-order valence-electron chi connectivity index (χ4n) is 2.11. The Kier molecular flexibility index (Phi) is 3.53. The first-order valence-electron chi connectivity index (χ1n) is 6.40. The second kappa shape index (κ2) is 5.49. The average molecular weight is 299 g/mol. The first kappa shape index (κ1) is 13.5. The molecule has 3 heterocycles. The highest BCUT2D eigenvalue weighted by molar-refractivity contribution is 7.07. The van der Waals surface area contributed by atoms with Crippen LogP contribution in [-0.4, -0.2) is 27.2 Å². The van der Waals surface area contributed by atoms with E-state index in [2.05, 4.69) is 4.98 Å². The number of thiophene rings is 1. The summed E-state index contributed by atoms with van der Waals surface area (Å²) in [5, 5.41) is 3.94. The number of carbonyl (C=O) groups is 1. The van der Waals surface area contributed by atoms with Gasteiger partial charge in [-0.05, 0) is 34.5 Å². The molecule has 0 aliphatic carbocycles. The molecule has 21 heavy (non-hydrogen) atoms. The van der Waals surface area contributed by atoms with Crippen molar-refractivity contribution in [2.75, 3.05) is 7.05 Å². The Morgan fingerprint density at radius 2 is 2.24 bits per heavy atom. The molecule has 5 nitrogen and oxygen atoms in total. The normalized spacial score (nSPS) is 10.7. The molecule has 3 aromatic heterocycles. The average Bonchev–Trinajstić information content (AvgIpc) is 3.00. The maximum atomic E-state index is 12.4. The lowest BCUT2D eigenvalue weighted by Crippen LogP contribution is -2.32. The van der Waals surface area contributed by atoms with Crippen molar-refractivity contribution in [1.29, 1.82) is 0 Å². The molecule has 0 saturated heterocycles. The third kappa shape index (κ3) is 2.57. The Morgan fingerprint density at radius 3 is 3.00 bits per heavy atom. The van der Waals surface area contributed by atoms with Gasteiger partial charge in [-0.2, -0.15) is 11.3 Å². The molecule has 0 unspecified atom stereocenters. The van der Waals surface area contributed by atoms with Crippen LogP contribution >= 0.6 is 11.3 Å². The number of rotatable bonds is 3. The number of aromatic nitrogens is 2. The van der Waals surface area contributed by atoms with Gasteiger partial charge in [0.1, 0.15) is 11.2 Å². The van der Waals surface area contributed by atoms with Crippen LogP contribution in [0.5, 0.6) is 0 Å². The highest BCUT2D eigenvalue weighted by atomic mass is 32.1. The minimum atomic E-state index is -0.345. The van der Waals surface area contributed by atoms with Crippen LogP contribution in [0, 0.1) is 0 Å². The molecule has 3 aromatic rings. The van der Waals surface area contributed by atoms with Gasteiger partial charge in [-0.1, -0.05) is 6.07 Å². The lowest BCUT2D eigenvalue weighted by atomic mass is 10.2. The summed E-state index contributed by atoms with van der Waals surface area (Å²) in [5.74, 6) is -0.322. The first-order valence-corrected chi connectivity index (χ1v) is 7.34. The van der Waals surface area contributed by atoms with Crippen LogP contribution in [0.4, 0.5) is 0 Å². The van der Waals surface area contributed by atoms with Crippen LogP contribution in [0.25, 0.3) is 5.65 Å². The Morgan fingerprint density at radius 1 is 1.38 bits per heavy atom. The molecule has 0 aliphatic rings. The van der Waals surface area contributed by atoms with Crippen molar-refractivity contribution in [1.82, 2.24) is 14.3 Å². The summed E-state index contributed by atoms with van der Waals surface area (Å²) in [6.07, 6.45) is 2.96. The maximum Gasteiger partial charge on any atom is 0.270 e. The standard InChI is InChI=1S/C15H13N3O2S/c1-17(9-11-5-7-21-10-11)14(19)12-8-16-13-4-2-3-6-18(13)15(12)20/h2-8,10H,9H2,1H3. The second-order valence-corrected chi connectivity index (χ2v) is 5.48. The molecule has 0 aromatic carbocycles. The quantitative estimate of drug-likeness (QED) is 0.743. The summed E-state index contributed by atoms with van der Waals surface area (Å²) >= 11 is 1.58. The SMILES string of the molecule is CN(Cc1ccsc1)C(=O)c1cnc2ccccn2c1=O. The van der Waals surface area contributed by atoms with E-state index in [0.717, 1.165) is 5.56 Å². The predicted molar refractivity (Wildman–Crippen MR) is 81.6 cm³/mol. The lowest BCUT2D eigenvalue weighted by Gasteiger charge is -2.16. The van der Waals surface area contributed by atoms with Crippen LogP contribution in [-0.2, 0) is 6.54 Å². The van der Waals surface area contributed by atoms with Crippen LogP contribution in [0.3, 0.4) is 0 Å². The zero-order valence-electron chi connectivity index (χ0n) is 11.4. The van der Waals surface area contributed by atoms with Gasteiger partial charge in [0, 0.05) is 26.0 Å². The molecule has 0 radical (unpaired) electrons. The Hall–Kier alpha value is -2.47. The fraction of sp³-hybridized carbons (Fsp3) is 0.133. The number of pyridine rings is 1. The Bertz CT molecular complexity index is 840. The summed E-state index contributed by atoms with van der Waals surface area (Å²) in [4.78, 5) is 30.4. The van der Waals surface area contributed by atoms with Crippen molar-refractivity contribution in [2.24, 2.45) is 0 Å². The van der Waals surface area contributed by atoms with Crippen LogP contribution < -0.4 is 5.56 Å². The largest absolute Gasteiger partial charge is 0.337 e. The van der Waals surface area contributed by atoms with Crippen molar-refractivity contribution >= 4 is 22.9 Å². The van der Waals surface area contributed by atoms with E-state index in [1.165, 1.54) is 15.5 Å². The van der Waals surface area contributed by atoms with Crippen LogP contribution in [0.1, 0.15) is 15.9 Å². The molecule has 0 atom stereocenters. The van der Waals surface area contributed by atoms with Gasteiger partial charge in [0.15, 0.2) is 0 Å². The molecule has 0 spiro atoms. The molecule has 0 saturated carbocycles. The zero-order chi connectivity index (χ0) is 14.8. The topological polar surface area (TPSA) is 54.7 Å². The molecule has 6 heteroatoms. The third-order valence-corrected chi connectivity index (χ3v) is 3.92. The lowest BCUT2D eigenvalue weighted by molar-refractivity contribution is 0.0783. The van der Waals surface area contributed by atoms with Gasteiger partial charge in [-0.15, -0.1) is 0 Å².